The van der Waals surface area contributed by atoms with Crippen LogP contribution in [0.2, 0.25) is 5.02 Å². The van der Waals surface area contributed by atoms with Crippen LogP contribution in [0.1, 0.15) is 18.4 Å². The van der Waals surface area contributed by atoms with Gasteiger partial charge in [0.1, 0.15) is 6.54 Å². The summed E-state index contributed by atoms with van der Waals surface area (Å²) in [5, 5.41) is 0.675. The Balaban J connectivity index is 1.72. The molecule has 0 N–H and O–H groups in total. The minimum atomic E-state index is -0.275. The third-order valence-corrected chi connectivity index (χ3v) is 4.99. The van der Waals surface area contributed by atoms with Gasteiger partial charge in [-0.15, -0.1) is 0 Å². The Morgan fingerprint density at radius 3 is 2.88 bits per heavy atom. The van der Waals surface area contributed by atoms with E-state index < -0.39 is 0 Å². The first-order chi connectivity index (χ1) is 12.6. The standard InChI is InChI=1S/C20H18ClN3O2/c21-15-8-9-17-14(11-15)5-3-4-10-23(17)20(26)13-24-18-7-2-1-6-16(18)22-12-19(24)25/h1-2,6-9,11-12H,3-5,10,13H2. The molecule has 5 nitrogen and oxygen atoms in total. The average molecular weight is 368 g/mol. The summed E-state index contributed by atoms with van der Waals surface area (Å²) in [7, 11) is 0. The zero-order chi connectivity index (χ0) is 18.1. The molecule has 1 aliphatic heterocycles. The van der Waals surface area contributed by atoms with Crippen molar-refractivity contribution in [2.45, 2.75) is 25.8 Å². The van der Waals surface area contributed by atoms with Crippen LogP contribution in [0.3, 0.4) is 0 Å². The second-order valence-electron chi connectivity index (χ2n) is 6.45. The van der Waals surface area contributed by atoms with Gasteiger partial charge in [0.25, 0.3) is 5.56 Å². The van der Waals surface area contributed by atoms with Gasteiger partial charge in [0.05, 0.1) is 17.2 Å². The molecule has 2 heterocycles. The molecule has 1 amide bonds. The van der Waals surface area contributed by atoms with Crippen molar-refractivity contribution in [3.63, 3.8) is 0 Å². The van der Waals surface area contributed by atoms with Gasteiger partial charge >= 0.3 is 0 Å². The first-order valence-electron chi connectivity index (χ1n) is 8.67. The van der Waals surface area contributed by atoms with E-state index in [1.54, 1.807) is 11.0 Å². The highest BCUT2D eigenvalue weighted by molar-refractivity contribution is 6.30. The number of rotatable bonds is 2. The number of nitrogens with zero attached hydrogens (tertiary/aromatic N) is 3. The van der Waals surface area contributed by atoms with Crippen molar-refractivity contribution in [1.82, 2.24) is 9.55 Å². The van der Waals surface area contributed by atoms with E-state index in [9.17, 15) is 9.59 Å². The van der Waals surface area contributed by atoms with Crippen LogP contribution in [0.15, 0.2) is 53.5 Å². The molecule has 3 aromatic rings. The molecule has 0 radical (unpaired) electrons. The molecule has 0 fully saturated rings. The Hall–Kier alpha value is -2.66. The summed E-state index contributed by atoms with van der Waals surface area (Å²) in [5.41, 5.74) is 3.06. The van der Waals surface area contributed by atoms with Crippen molar-refractivity contribution in [1.29, 1.82) is 0 Å². The summed E-state index contributed by atoms with van der Waals surface area (Å²) in [5.74, 6) is -0.103. The fourth-order valence-corrected chi connectivity index (χ4v) is 3.68. The highest BCUT2D eigenvalue weighted by Gasteiger charge is 2.22. The van der Waals surface area contributed by atoms with E-state index in [0.29, 0.717) is 22.6 Å². The summed E-state index contributed by atoms with van der Waals surface area (Å²) >= 11 is 6.12. The van der Waals surface area contributed by atoms with E-state index in [1.807, 2.05) is 36.4 Å². The smallest absolute Gasteiger partial charge is 0.269 e. The molecular formula is C20H18ClN3O2. The Morgan fingerprint density at radius 2 is 2.00 bits per heavy atom. The maximum atomic E-state index is 13.1. The van der Waals surface area contributed by atoms with Crippen LogP contribution in [-0.2, 0) is 17.8 Å². The Morgan fingerprint density at radius 1 is 1.15 bits per heavy atom. The van der Waals surface area contributed by atoms with Crippen molar-refractivity contribution in [2.75, 3.05) is 11.4 Å². The van der Waals surface area contributed by atoms with Crippen LogP contribution in [0, 0.1) is 0 Å². The zero-order valence-corrected chi connectivity index (χ0v) is 14.9. The van der Waals surface area contributed by atoms with E-state index in [0.717, 1.165) is 30.5 Å². The molecule has 0 saturated carbocycles. The Kier molecular flexibility index (Phi) is 4.47. The maximum Gasteiger partial charge on any atom is 0.269 e. The minimum Gasteiger partial charge on any atom is -0.311 e. The molecule has 1 aromatic heterocycles. The quantitative estimate of drug-likeness (QED) is 0.697. The van der Waals surface area contributed by atoms with Crippen LogP contribution in [0.4, 0.5) is 5.69 Å². The molecule has 0 bridgehead atoms. The van der Waals surface area contributed by atoms with Gasteiger partial charge in [0, 0.05) is 17.3 Å². The number of aryl methyl sites for hydroxylation is 1. The first-order valence-corrected chi connectivity index (χ1v) is 9.05. The van der Waals surface area contributed by atoms with Gasteiger partial charge in [0.2, 0.25) is 5.91 Å². The summed E-state index contributed by atoms with van der Waals surface area (Å²) in [4.78, 5) is 31.3. The van der Waals surface area contributed by atoms with Gasteiger partial charge in [-0.1, -0.05) is 23.7 Å². The molecule has 132 valence electrons. The normalized spacial score (nSPS) is 14.1. The number of para-hydroxylation sites is 2. The molecule has 2 aromatic carbocycles. The molecule has 0 saturated heterocycles. The van der Waals surface area contributed by atoms with E-state index in [1.165, 1.54) is 10.8 Å². The molecule has 1 aliphatic rings. The maximum absolute atomic E-state index is 13.1. The Labute approximate surface area is 155 Å². The van der Waals surface area contributed by atoms with Crippen LogP contribution in [0.25, 0.3) is 11.0 Å². The van der Waals surface area contributed by atoms with Gasteiger partial charge in [0.15, 0.2) is 0 Å². The predicted octanol–water partition coefficient (Wildman–Crippen LogP) is 3.42. The first kappa shape index (κ1) is 16.8. The minimum absolute atomic E-state index is 0.00999. The lowest BCUT2D eigenvalue weighted by molar-refractivity contribution is -0.119. The second kappa shape index (κ2) is 6.92. The SMILES string of the molecule is O=C(Cn1c(=O)cnc2ccccc21)N1CCCCc2cc(Cl)ccc21. The third-order valence-electron chi connectivity index (χ3n) is 4.76. The van der Waals surface area contributed by atoms with E-state index in [-0.39, 0.29) is 18.0 Å². The summed E-state index contributed by atoms with van der Waals surface area (Å²) in [6.45, 7) is 0.634. The molecule has 0 atom stereocenters. The van der Waals surface area contributed by atoms with Crippen molar-refractivity contribution in [3.05, 3.63) is 69.6 Å². The van der Waals surface area contributed by atoms with Crippen molar-refractivity contribution in [2.24, 2.45) is 0 Å². The molecule has 4 rings (SSSR count). The van der Waals surface area contributed by atoms with Gasteiger partial charge in [-0.25, -0.2) is 4.98 Å². The largest absolute Gasteiger partial charge is 0.311 e. The summed E-state index contributed by atoms with van der Waals surface area (Å²) < 4.78 is 1.49. The number of hydrogen-bond acceptors (Lipinski definition) is 3. The van der Waals surface area contributed by atoms with Gasteiger partial charge < -0.3 is 4.90 Å². The Bertz CT molecular complexity index is 1040. The van der Waals surface area contributed by atoms with Crippen LogP contribution in [0.5, 0.6) is 0 Å². The number of halogens is 1. The van der Waals surface area contributed by atoms with Crippen LogP contribution >= 0.6 is 11.6 Å². The summed E-state index contributed by atoms with van der Waals surface area (Å²) in [6, 6.07) is 13.0. The number of fused-ring (bicyclic) bond motifs is 2. The van der Waals surface area contributed by atoms with Gasteiger partial charge in [-0.05, 0) is 55.2 Å². The molecule has 6 heteroatoms. The van der Waals surface area contributed by atoms with Crippen molar-refractivity contribution < 1.29 is 4.79 Å². The molecule has 0 unspecified atom stereocenters. The van der Waals surface area contributed by atoms with Crippen LogP contribution in [-0.4, -0.2) is 22.0 Å². The molecule has 0 aliphatic carbocycles. The average Bonchev–Trinajstić information content (AvgIpc) is 2.86. The number of hydrogen-bond donors (Lipinski definition) is 0. The number of anilines is 1. The van der Waals surface area contributed by atoms with Crippen molar-refractivity contribution >= 4 is 34.2 Å². The highest BCUT2D eigenvalue weighted by atomic mass is 35.5. The van der Waals surface area contributed by atoms with E-state index >= 15 is 0 Å². The van der Waals surface area contributed by atoms with E-state index in [4.69, 9.17) is 11.6 Å². The van der Waals surface area contributed by atoms with Crippen LogP contribution < -0.4 is 10.5 Å². The lowest BCUT2D eigenvalue weighted by atomic mass is 10.1. The number of aromatic nitrogens is 2. The molecule has 0 spiro atoms. The fourth-order valence-electron chi connectivity index (χ4n) is 3.48. The molecule has 26 heavy (non-hydrogen) atoms. The van der Waals surface area contributed by atoms with Crippen molar-refractivity contribution in [3.8, 4) is 0 Å². The predicted molar refractivity (Wildman–Crippen MR) is 103 cm³/mol. The summed E-state index contributed by atoms with van der Waals surface area (Å²) in [6.07, 6.45) is 4.10. The number of amides is 1. The topological polar surface area (TPSA) is 55.2 Å². The monoisotopic (exact) mass is 367 g/mol. The fraction of sp³-hybridized carbons (Fsp3) is 0.250. The third kappa shape index (κ3) is 3.10. The van der Waals surface area contributed by atoms with Gasteiger partial charge in [-0.2, -0.15) is 0 Å². The van der Waals surface area contributed by atoms with E-state index in [2.05, 4.69) is 4.98 Å². The lowest BCUT2D eigenvalue weighted by Gasteiger charge is -2.24. The zero-order valence-electron chi connectivity index (χ0n) is 14.2. The lowest BCUT2D eigenvalue weighted by Crippen LogP contribution is -2.37. The highest BCUT2D eigenvalue weighted by Crippen LogP contribution is 2.29. The number of carbonyl (C=O) groups excluding carboxylic acids is 1. The number of carbonyl (C=O) groups is 1. The number of benzene rings is 2. The molecular weight excluding hydrogens is 350 g/mol. The second-order valence-corrected chi connectivity index (χ2v) is 6.88. The van der Waals surface area contributed by atoms with Gasteiger partial charge in [-0.3, -0.25) is 14.2 Å².